The van der Waals surface area contributed by atoms with Gasteiger partial charge in [-0.25, -0.2) is 0 Å². The summed E-state index contributed by atoms with van der Waals surface area (Å²) in [4.78, 5) is 0. The first-order chi connectivity index (χ1) is 22.7. The summed E-state index contributed by atoms with van der Waals surface area (Å²) in [7, 11) is -2.94. The van der Waals surface area contributed by atoms with Gasteiger partial charge in [0.1, 0.15) is 8.07 Å². The molecule has 0 bridgehead atoms. The fourth-order valence-corrected chi connectivity index (χ4v) is 12.5. The monoisotopic (exact) mass is 804 g/mol. The molecule has 0 aliphatic heterocycles. The van der Waals surface area contributed by atoms with Crippen LogP contribution in [-0.2, 0) is 21.7 Å². The first kappa shape index (κ1) is 48.1. The summed E-state index contributed by atoms with van der Waals surface area (Å²) < 4.78 is 0. The molecule has 0 N–H and O–H groups in total. The average Bonchev–Trinajstić information content (AvgIpc) is 3.55. The summed E-state index contributed by atoms with van der Waals surface area (Å²) in [6, 6.07) is 41.4. The van der Waals surface area contributed by atoms with Crippen LogP contribution < -0.4 is 58.0 Å². The van der Waals surface area contributed by atoms with E-state index in [-0.39, 0.29) is 58.9 Å². The van der Waals surface area contributed by atoms with E-state index in [0.717, 1.165) is 0 Å². The Morgan fingerprint density at radius 2 is 0.673 bits per heavy atom. The fourth-order valence-electron chi connectivity index (χ4n) is 7.26. The van der Waals surface area contributed by atoms with Crippen LogP contribution in [-0.4, -0.2) is 8.07 Å². The molecule has 0 unspecified atom stereocenters. The van der Waals surface area contributed by atoms with Gasteiger partial charge in [-0.15, -0.1) is 16.3 Å². The van der Waals surface area contributed by atoms with E-state index in [1.807, 2.05) is 0 Å². The predicted molar refractivity (Wildman–Crippen MR) is 216 cm³/mol. The van der Waals surface area contributed by atoms with Gasteiger partial charge in [0.15, 0.2) is 0 Å². The molecule has 0 atom stereocenters. The molecule has 0 saturated carbocycles. The van der Waals surface area contributed by atoms with Crippen molar-refractivity contribution < 1.29 is 58.9 Å². The summed E-state index contributed by atoms with van der Waals surface area (Å²) in [6.07, 6.45) is 0. The minimum absolute atomic E-state index is 0. The SMILES string of the molecule is CC(C)c1cc(C(C)C)cc([Si](c2cc(C(C)C)cc(C(C)C)c2)(c2cc(C(C)C)cc(C(C)C)c2)[c-]2cccc2-c2ccccc2)c1.[Cl-].[Cl-].[Cl-].[Ti+4]. The third-order valence-corrected chi connectivity index (χ3v) is 15.2. The summed E-state index contributed by atoms with van der Waals surface area (Å²) in [5.41, 5.74) is 11.3. The summed E-state index contributed by atoms with van der Waals surface area (Å²) >= 11 is 0. The van der Waals surface area contributed by atoms with Gasteiger partial charge in [0.25, 0.3) is 0 Å². The van der Waals surface area contributed by atoms with Crippen LogP contribution in [0.15, 0.2) is 103 Å². The maximum atomic E-state index is 2.61. The van der Waals surface area contributed by atoms with Crippen molar-refractivity contribution in [2.24, 2.45) is 0 Å². The number of hydrogen-bond acceptors (Lipinski definition) is 0. The van der Waals surface area contributed by atoms with E-state index in [2.05, 4.69) is 186 Å². The summed E-state index contributed by atoms with van der Waals surface area (Å²) in [5.74, 6) is 2.60. The predicted octanol–water partition coefficient (Wildman–Crippen LogP) is 2.20. The van der Waals surface area contributed by atoms with Crippen molar-refractivity contribution in [3.05, 3.63) is 137 Å². The van der Waals surface area contributed by atoms with Crippen LogP contribution in [0.2, 0.25) is 0 Å². The average molecular weight is 806 g/mol. The van der Waals surface area contributed by atoms with Gasteiger partial charge in [0.05, 0.1) is 0 Å². The molecule has 0 aliphatic carbocycles. The molecule has 0 spiro atoms. The number of halogens is 3. The van der Waals surface area contributed by atoms with Gasteiger partial charge in [-0.2, -0.15) is 18.2 Å². The van der Waals surface area contributed by atoms with Crippen LogP contribution in [0.3, 0.4) is 0 Å². The molecule has 5 aromatic rings. The molecule has 0 nitrogen and oxygen atoms in total. The Kier molecular flexibility index (Phi) is 18.6. The van der Waals surface area contributed by atoms with Crippen LogP contribution in [0, 0.1) is 0 Å². The van der Waals surface area contributed by atoms with E-state index >= 15 is 0 Å². The summed E-state index contributed by atoms with van der Waals surface area (Å²) in [5, 5.41) is 6.02. The van der Waals surface area contributed by atoms with Crippen molar-refractivity contribution in [3.63, 3.8) is 0 Å². The van der Waals surface area contributed by atoms with Crippen molar-refractivity contribution in [1.82, 2.24) is 0 Å². The second-order valence-electron chi connectivity index (χ2n) is 16.1. The third-order valence-electron chi connectivity index (χ3n) is 10.5. The van der Waals surface area contributed by atoms with Crippen molar-refractivity contribution in [2.75, 3.05) is 0 Å². The van der Waals surface area contributed by atoms with Gasteiger partial charge in [-0.05, 0) is 68.9 Å². The normalized spacial score (nSPS) is 11.5. The maximum absolute atomic E-state index is 2.94. The van der Waals surface area contributed by atoms with Crippen molar-refractivity contribution in [3.8, 4) is 11.1 Å². The molecular weight excluding hydrogens is 747 g/mol. The number of hydrogen-bond donors (Lipinski definition) is 0. The Labute approximate surface area is 351 Å². The second-order valence-corrected chi connectivity index (χ2v) is 19.8. The first-order valence-electron chi connectivity index (χ1n) is 18.5. The topological polar surface area (TPSA) is 0 Å². The molecule has 5 rings (SSSR count). The van der Waals surface area contributed by atoms with E-state index in [1.165, 1.54) is 65.3 Å². The fraction of sp³-hybridized carbons (Fsp3) is 0.383. The Morgan fingerprint density at radius 3 is 0.942 bits per heavy atom. The molecule has 0 radical (unpaired) electrons. The van der Waals surface area contributed by atoms with Crippen molar-refractivity contribution >= 4 is 28.8 Å². The Morgan fingerprint density at radius 1 is 0.385 bits per heavy atom. The Hall–Kier alpha value is -1.97. The number of rotatable bonds is 11. The molecule has 0 aliphatic rings. The van der Waals surface area contributed by atoms with Crippen LogP contribution in [0.4, 0.5) is 0 Å². The first-order valence-corrected chi connectivity index (χ1v) is 20.5. The molecule has 0 aromatic heterocycles. The van der Waals surface area contributed by atoms with Crippen LogP contribution >= 0.6 is 0 Å². The zero-order chi connectivity index (χ0) is 34.9. The second kappa shape index (κ2) is 20.1. The van der Waals surface area contributed by atoms with Gasteiger partial charge in [-0.3, -0.25) is 0 Å². The Bertz CT molecular complexity index is 1620. The van der Waals surface area contributed by atoms with Crippen molar-refractivity contribution in [2.45, 2.75) is 119 Å². The zero-order valence-electron chi connectivity index (χ0n) is 33.4. The van der Waals surface area contributed by atoms with Crippen molar-refractivity contribution in [1.29, 1.82) is 0 Å². The molecule has 0 saturated heterocycles. The van der Waals surface area contributed by atoms with Gasteiger partial charge in [0, 0.05) is 0 Å². The van der Waals surface area contributed by atoms with E-state index in [1.54, 1.807) is 0 Å². The van der Waals surface area contributed by atoms with Crippen LogP contribution in [0.5, 0.6) is 0 Å². The standard InChI is InChI=1S/C47H59Si.3ClH.Ti/c1-30(2)37-21-38(31(3)4)25-43(24-37)48(44-26-39(32(5)6)22-40(27-44)33(7)8,45-28-41(34(9)10)23-42(29-45)35(11)12)47-20-16-19-46(47)36-17-14-13-15-18-36;;;;/h13-35H,1-12H3;3*1H;/q-1;;;;+4/p-3. The zero-order valence-corrected chi connectivity index (χ0v) is 38.2. The molecule has 52 heavy (non-hydrogen) atoms. The Balaban J connectivity index is 0.00000338. The molecule has 276 valence electrons. The van der Waals surface area contributed by atoms with Gasteiger partial charge in [-0.1, -0.05) is 184 Å². The molecule has 5 aromatic carbocycles. The quantitative estimate of drug-likeness (QED) is 0.109. The third kappa shape index (κ3) is 9.82. The molecule has 5 heteroatoms. The van der Waals surface area contributed by atoms with Gasteiger partial charge < -0.3 is 37.2 Å². The number of benzene rings is 4. The smallest absolute Gasteiger partial charge is 1.00 e. The molecule has 0 heterocycles. The van der Waals surface area contributed by atoms with Gasteiger partial charge >= 0.3 is 21.7 Å². The molecular formula is C47H59Cl3SiTi. The minimum atomic E-state index is -2.94. The van der Waals surface area contributed by atoms with E-state index in [9.17, 15) is 0 Å². The van der Waals surface area contributed by atoms with E-state index in [4.69, 9.17) is 0 Å². The van der Waals surface area contributed by atoms with Crippen LogP contribution in [0.25, 0.3) is 11.1 Å². The molecule has 0 amide bonds. The molecule has 0 fully saturated rings. The summed E-state index contributed by atoms with van der Waals surface area (Å²) in [6.45, 7) is 28.3. The van der Waals surface area contributed by atoms with E-state index < -0.39 is 8.07 Å². The minimum Gasteiger partial charge on any atom is -1.00 e. The van der Waals surface area contributed by atoms with Gasteiger partial charge in [0.2, 0.25) is 0 Å². The largest absolute Gasteiger partial charge is 4.00 e. The maximum Gasteiger partial charge on any atom is 4.00 e. The van der Waals surface area contributed by atoms with Crippen LogP contribution in [0.1, 0.15) is 152 Å². The van der Waals surface area contributed by atoms with E-state index in [0.29, 0.717) is 35.5 Å².